The normalized spacial score (nSPS) is 18.3. The number of carboxylic acid groups (broad SMARTS) is 1. The summed E-state index contributed by atoms with van der Waals surface area (Å²) in [6.45, 7) is 2.73. The summed E-state index contributed by atoms with van der Waals surface area (Å²) in [7, 11) is 0. The third-order valence-electron chi connectivity index (χ3n) is 3.45. The lowest BCUT2D eigenvalue weighted by Crippen LogP contribution is -2.54. The molecule has 1 aromatic rings. The second kappa shape index (κ2) is 7.08. The van der Waals surface area contributed by atoms with Gasteiger partial charge in [-0.25, -0.2) is 9.59 Å². The van der Waals surface area contributed by atoms with Gasteiger partial charge in [-0.05, 0) is 18.1 Å². The lowest BCUT2D eigenvalue weighted by molar-refractivity contribution is -0.147. The van der Waals surface area contributed by atoms with Crippen LogP contribution in [0.1, 0.15) is 18.9 Å². The zero-order valence-corrected chi connectivity index (χ0v) is 12.0. The largest absolute Gasteiger partial charge is 0.480 e. The Labute approximate surface area is 123 Å². The number of aryl methyl sites for hydroxylation is 1. The first-order valence-corrected chi connectivity index (χ1v) is 7.09. The Balaban J connectivity index is 2.11. The van der Waals surface area contributed by atoms with E-state index >= 15 is 0 Å². The number of ether oxygens (including phenoxy) is 1. The Morgan fingerprint density at radius 1 is 1.43 bits per heavy atom. The van der Waals surface area contributed by atoms with Crippen molar-refractivity contribution in [2.45, 2.75) is 25.8 Å². The van der Waals surface area contributed by atoms with Gasteiger partial charge in [-0.3, -0.25) is 0 Å². The highest BCUT2D eigenvalue weighted by Crippen LogP contribution is 2.18. The minimum Gasteiger partial charge on any atom is -0.480 e. The average molecular weight is 292 g/mol. The number of rotatable bonds is 4. The van der Waals surface area contributed by atoms with Crippen molar-refractivity contribution in [3.63, 3.8) is 0 Å². The van der Waals surface area contributed by atoms with E-state index in [0.29, 0.717) is 6.61 Å². The van der Waals surface area contributed by atoms with Crippen LogP contribution < -0.4 is 5.32 Å². The number of anilines is 1. The molecule has 21 heavy (non-hydrogen) atoms. The molecule has 1 fully saturated rings. The highest BCUT2D eigenvalue weighted by atomic mass is 16.5. The third-order valence-corrected chi connectivity index (χ3v) is 3.45. The molecule has 2 amide bonds. The van der Waals surface area contributed by atoms with Gasteiger partial charge in [-0.15, -0.1) is 0 Å². The van der Waals surface area contributed by atoms with Crippen molar-refractivity contribution in [1.29, 1.82) is 0 Å². The highest BCUT2D eigenvalue weighted by molar-refractivity contribution is 5.93. The average Bonchev–Trinajstić information content (AvgIpc) is 2.49. The van der Waals surface area contributed by atoms with Crippen molar-refractivity contribution in [1.82, 2.24) is 4.90 Å². The number of hydrogen-bond donors (Lipinski definition) is 2. The number of urea groups is 1. The molecule has 114 valence electrons. The van der Waals surface area contributed by atoms with Gasteiger partial charge >= 0.3 is 12.0 Å². The molecule has 1 atom stereocenters. The molecule has 0 aliphatic carbocycles. The fourth-order valence-electron chi connectivity index (χ4n) is 2.37. The summed E-state index contributed by atoms with van der Waals surface area (Å²) in [6.07, 6.45) is 1.84. The lowest BCUT2D eigenvalue weighted by atomic mass is 10.1. The van der Waals surface area contributed by atoms with Gasteiger partial charge in [-0.2, -0.15) is 0 Å². The Bertz CT molecular complexity index is 518. The van der Waals surface area contributed by atoms with Gasteiger partial charge in [0.2, 0.25) is 0 Å². The van der Waals surface area contributed by atoms with Crippen LogP contribution in [0.5, 0.6) is 0 Å². The van der Waals surface area contributed by atoms with E-state index in [9.17, 15) is 9.59 Å². The van der Waals surface area contributed by atoms with Gasteiger partial charge in [0.15, 0.2) is 6.04 Å². The van der Waals surface area contributed by atoms with E-state index in [2.05, 4.69) is 12.2 Å². The molecule has 1 aliphatic heterocycles. The summed E-state index contributed by atoms with van der Waals surface area (Å²) in [6, 6.07) is 6.25. The topological polar surface area (TPSA) is 78.9 Å². The number of morpholine rings is 1. The Hall–Kier alpha value is -2.08. The van der Waals surface area contributed by atoms with E-state index < -0.39 is 18.0 Å². The molecule has 1 aliphatic rings. The van der Waals surface area contributed by atoms with Crippen molar-refractivity contribution in [2.24, 2.45) is 0 Å². The molecule has 6 nitrogen and oxygen atoms in total. The predicted molar refractivity (Wildman–Crippen MR) is 78.4 cm³/mol. The maximum Gasteiger partial charge on any atom is 0.328 e. The van der Waals surface area contributed by atoms with Crippen LogP contribution in [0.15, 0.2) is 24.3 Å². The van der Waals surface area contributed by atoms with Crippen LogP contribution in [0, 0.1) is 0 Å². The van der Waals surface area contributed by atoms with E-state index in [-0.39, 0.29) is 13.2 Å². The molecular formula is C15H20N2O4. The molecule has 1 aromatic carbocycles. The minimum absolute atomic E-state index is 0.0271. The first-order valence-electron chi connectivity index (χ1n) is 7.09. The molecule has 2 N–H and O–H groups in total. The van der Waals surface area contributed by atoms with Gasteiger partial charge in [0.25, 0.3) is 0 Å². The molecule has 0 radical (unpaired) electrons. The van der Waals surface area contributed by atoms with E-state index in [1.54, 1.807) is 0 Å². The molecular weight excluding hydrogens is 272 g/mol. The number of carboxylic acids is 1. The maximum atomic E-state index is 12.3. The predicted octanol–water partition coefficient (Wildman–Crippen LogP) is 1.96. The van der Waals surface area contributed by atoms with E-state index in [1.165, 1.54) is 4.90 Å². The van der Waals surface area contributed by atoms with Crippen LogP contribution in [-0.2, 0) is 16.0 Å². The lowest BCUT2D eigenvalue weighted by Gasteiger charge is -2.33. The molecule has 2 rings (SSSR count). The van der Waals surface area contributed by atoms with Crippen LogP contribution in [-0.4, -0.2) is 47.8 Å². The highest BCUT2D eigenvalue weighted by Gasteiger charge is 2.32. The van der Waals surface area contributed by atoms with Gasteiger partial charge in [0.05, 0.1) is 13.2 Å². The van der Waals surface area contributed by atoms with Crippen molar-refractivity contribution in [3.8, 4) is 0 Å². The number of benzene rings is 1. The van der Waals surface area contributed by atoms with E-state index in [0.717, 1.165) is 24.1 Å². The SMILES string of the molecule is CCCc1ccccc1NC(=O)N1CCOCC1C(=O)O. The summed E-state index contributed by atoms with van der Waals surface area (Å²) in [4.78, 5) is 24.8. The van der Waals surface area contributed by atoms with Gasteiger partial charge in [0.1, 0.15) is 0 Å². The van der Waals surface area contributed by atoms with Crippen molar-refractivity contribution in [3.05, 3.63) is 29.8 Å². The number of para-hydroxylation sites is 1. The van der Waals surface area contributed by atoms with Crippen LogP contribution >= 0.6 is 0 Å². The fraction of sp³-hybridized carbons (Fsp3) is 0.467. The fourth-order valence-corrected chi connectivity index (χ4v) is 2.37. The third kappa shape index (κ3) is 3.72. The number of carbonyl (C=O) groups is 2. The monoisotopic (exact) mass is 292 g/mol. The first-order chi connectivity index (χ1) is 10.1. The van der Waals surface area contributed by atoms with Crippen LogP contribution in [0.3, 0.4) is 0 Å². The van der Waals surface area contributed by atoms with Crippen molar-refractivity contribution in [2.75, 3.05) is 25.1 Å². The number of nitrogens with one attached hydrogen (secondary N) is 1. The molecule has 1 heterocycles. The van der Waals surface area contributed by atoms with Gasteiger partial charge < -0.3 is 20.1 Å². The van der Waals surface area contributed by atoms with E-state index in [1.807, 2.05) is 24.3 Å². The zero-order valence-electron chi connectivity index (χ0n) is 12.0. The molecule has 0 spiro atoms. The summed E-state index contributed by atoms with van der Waals surface area (Å²) in [5, 5.41) is 12.0. The number of aliphatic carboxylic acids is 1. The Kier molecular flexibility index (Phi) is 5.16. The summed E-state index contributed by atoms with van der Waals surface area (Å²) in [5.41, 5.74) is 1.79. The number of nitrogens with zero attached hydrogens (tertiary/aromatic N) is 1. The van der Waals surface area contributed by atoms with Crippen molar-refractivity contribution < 1.29 is 19.4 Å². The summed E-state index contributed by atoms with van der Waals surface area (Å²) >= 11 is 0. The standard InChI is InChI=1S/C15H20N2O4/c1-2-5-11-6-3-4-7-12(11)16-15(20)17-8-9-21-10-13(17)14(18)19/h3-4,6-7,13H,2,5,8-10H2,1H3,(H,16,20)(H,18,19). The first kappa shape index (κ1) is 15.3. The molecule has 0 bridgehead atoms. The van der Waals surface area contributed by atoms with Gasteiger partial charge in [0, 0.05) is 12.2 Å². The van der Waals surface area contributed by atoms with Gasteiger partial charge in [-0.1, -0.05) is 31.5 Å². The number of carbonyl (C=O) groups excluding carboxylic acids is 1. The van der Waals surface area contributed by atoms with Crippen LogP contribution in [0.25, 0.3) is 0 Å². The maximum absolute atomic E-state index is 12.3. The van der Waals surface area contributed by atoms with Crippen molar-refractivity contribution >= 4 is 17.7 Å². The number of hydrogen-bond acceptors (Lipinski definition) is 3. The summed E-state index contributed by atoms with van der Waals surface area (Å²) < 4.78 is 5.13. The summed E-state index contributed by atoms with van der Waals surface area (Å²) in [5.74, 6) is -1.05. The van der Waals surface area contributed by atoms with Crippen LogP contribution in [0.4, 0.5) is 10.5 Å². The Morgan fingerprint density at radius 3 is 2.90 bits per heavy atom. The number of amides is 2. The smallest absolute Gasteiger partial charge is 0.328 e. The zero-order chi connectivity index (χ0) is 15.2. The second-order valence-corrected chi connectivity index (χ2v) is 4.96. The molecule has 1 saturated heterocycles. The van der Waals surface area contributed by atoms with E-state index in [4.69, 9.17) is 9.84 Å². The molecule has 0 aromatic heterocycles. The quantitative estimate of drug-likeness (QED) is 0.889. The second-order valence-electron chi connectivity index (χ2n) is 4.96. The Morgan fingerprint density at radius 2 is 2.19 bits per heavy atom. The molecule has 0 saturated carbocycles. The molecule has 1 unspecified atom stereocenters. The molecule has 6 heteroatoms. The van der Waals surface area contributed by atoms with Crippen LogP contribution in [0.2, 0.25) is 0 Å². The minimum atomic E-state index is -1.05.